The minimum absolute atomic E-state index is 0.0431. The fourth-order valence-electron chi connectivity index (χ4n) is 2.71. The number of hydrogen-bond donors (Lipinski definition) is 3. The summed E-state index contributed by atoms with van der Waals surface area (Å²) in [6.07, 6.45) is 10.9. The van der Waals surface area contributed by atoms with Crippen molar-refractivity contribution in [2.45, 2.75) is 13.0 Å². The fourth-order valence-corrected chi connectivity index (χ4v) is 2.71. The first kappa shape index (κ1) is 15.1. The number of fused-ring (bicyclic) bond motifs is 1. The molecule has 4 heterocycles. The van der Waals surface area contributed by atoms with E-state index in [1.54, 1.807) is 24.8 Å². The molecule has 124 valence electrons. The second-order valence-electron chi connectivity index (χ2n) is 5.74. The summed E-state index contributed by atoms with van der Waals surface area (Å²) < 4.78 is 0. The minimum Gasteiger partial charge on any atom is -0.352 e. The van der Waals surface area contributed by atoms with Crippen LogP contribution in [0.1, 0.15) is 11.1 Å². The molecule has 4 aromatic rings. The third-order valence-electron chi connectivity index (χ3n) is 4.01. The lowest BCUT2D eigenvalue weighted by Crippen LogP contribution is -2.24. The van der Waals surface area contributed by atoms with Crippen molar-refractivity contribution < 1.29 is 4.79 Å². The van der Waals surface area contributed by atoms with Gasteiger partial charge in [-0.25, -0.2) is 4.98 Å². The van der Waals surface area contributed by atoms with Crippen molar-refractivity contribution in [1.29, 1.82) is 0 Å². The van der Waals surface area contributed by atoms with Gasteiger partial charge in [0.25, 0.3) is 0 Å². The molecule has 7 nitrogen and oxygen atoms in total. The molecule has 0 fully saturated rings. The van der Waals surface area contributed by atoms with Crippen molar-refractivity contribution in [2.24, 2.45) is 0 Å². The first-order valence-electron chi connectivity index (χ1n) is 7.90. The van der Waals surface area contributed by atoms with Crippen LogP contribution in [0, 0.1) is 0 Å². The smallest absolute Gasteiger partial charge is 0.224 e. The van der Waals surface area contributed by atoms with Crippen LogP contribution in [0.3, 0.4) is 0 Å². The van der Waals surface area contributed by atoms with Crippen LogP contribution in [0.15, 0.2) is 55.4 Å². The molecular formula is C18H16N6O. The van der Waals surface area contributed by atoms with Gasteiger partial charge in [0.05, 0.1) is 12.6 Å². The van der Waals surface area contributed by atoms with Crippen LogP contribution in [0.2, 0.25) is 0 Å². The molecule has 7 heteroatoms. The highest BCUT2D eigenvalue weighted by atomic mass is 16.1. The van der Waals surface area contributed by atoms with E-state index in [9.17, 15) is 4.79 Å². The van der Waals surface area contributed by atoms with Gasteiger partial charge in [0.1, 0.15) is 5.65 Å². The Hall–Kier alpha value is -3.48. The molecule has 0 saturated heterocycles. The highest BCUT2D eigenvalue weighted by Crippen LogP contribution is 2.24. The van der Waals surface area contributed by atoms with Crippen molar-refractivity contribution in [3.63, 3.8) is 0 Å². The molecule has 0 radical (unpaired) electrons. The normalized spacial score (nSPS) is 10.9. The van der Waals surface area contributed by atoms with E-state index in [2.05, 4.69) is 30.5 Å². The van der Waals surface area contributed by atoms with E-state index >= 15 is 0 Å². The molecule has 1 amide bonds. The van der Waals surface area contributed by atoms with Gasteiger partial charge < -0.3 is 10.3 Å². The van der Waals surface area contributed by atoms with Crippen LogP contribution in [0.25, 0.3) is 22.2 Å². The molecule has 3 N–H and O–H groups in total. The first-order valence-corrected chi connectivity index (χ1v) is 7.90. The van der Waals surface area contributed by atoms with Crippen LogP contribution in [0.5, 0.6) is 0 Å². The standard InChI is InChI=1S/C18H16N6O/c25-17(20-7-12-2-1-3-19-6-12)5-14-9-22-18-16(14)4-13(8-21-18)15-10-23-24-11-15/h1-4,6,8-11H,5,7H2,(H,20,25)(H,21,22)(H,23,24). The Morgan fingerprint density at radius 3 is 2.92 bits per heavy atom. The zero-order valence-corrected chi connectivity index (χ0v) is 13.4. The Balaban J connectivity index is 1.51. The van der Waals surface area contributed by atoms with Gasteiger partial charge in [-0.3, -0.25) is 14.9 Å². The van der Waals surface area contributed by atoms with Gasteiger partial charge in [0.15, 0.2) is 0 Å². The van der Waals surface area contributed by atoms with E-state index in [1.807, 2.05) is 30.6 Å². The highest BCUT2D eigenvalue weighted by molar-refractivity contribution is 5.89. The fraction of sp³-hybridized carbons (Fsp3) is 0.111. The number of nitrogens with zero attached hydrogens (tertiary/aromatic N) is 3. The average Bonchev–Trinajstić information content (AvgIpc) is 3.31. The zero-order chi connectivity index (χ0) is 17.1. The summed E-state index contributed by atoms with van der Waals surface area (Å²) in [5.74, 6) is -0.0431. The summed E-state index contributed by atoms with van der Waals surface area (Å²) in [7, 11) is 0. The zero-order valence-electron chi connectivity index (χ0n) is 13.4. The Bertz CT molecular complexity index is 991. The maximum absolute atomic E-state index is 12.3. The van der Waals surface area contributed by atoms with E-state index in [0.717, 1.165) is 33.3 Å². The first-order chi connectivity index (χ1) is 12.3. The van der Waals surface area contributed by atoms with Gasteiger partial charge in [-0.1, -0.05) is 6.07 Å². The van der Waals surface area contributed by atoms with E-state index in [4.69, 9.17) is 0 Å². The van der Waals surface area contributed by atoms with Crippen LogP contribution in [-0.2, 0) is 17.8 Å². The van der Waals surface area contributed by atoms with Crippen LogP contribution < -0.4 is 5.32 Å². The second-order valence-corrected chi connectivity index (χ2v) is 5.74. The highest BCUT2D eigenvalue weighted by Gasteiger charge is 2.11. The lowest BCUT2D eigenvalue weighted by Gasteiger charge is -2.05. The summed E-state index contributed by atoms with van der Waals surface area (Å²) in [5.41, 5.74) is 4.57. The number of aromatic amines is 2. The van der Waals surface area contributed by atoms with Gasteiger partial charge in [-0.15, -0.1) is 0 Å². The molecule has 0 aromatic carbocycles. The van der Waals surface area contributed by atoms with Crippen LogP contribution in [-0.4, -0.2) is 31.1 Å². The second kappa shape index (κ2) is 6.56. The third kappa shape index (κ3) is 3.25. The monoisotopic (exact) mass is 332 g/mol. The predicted molar refractivity (Wildman–Crippen MR) is 93.5 cm³/mol. The summed E-state index contributed by atoms with van der Waals surface area (Å²) >= 11 is 0. The van der Waals surface area contributed by atoms with Crippen LogP contribution >= 0.6 is 0 Å². The number of carbonyl (C=O) groups is 1. The molecule has 4 rings (SSSR count). The largest absolute Gasteiger partial charge is 0.352 e. The molecule has 0 atom stereocenters. The van der Waals surface area contributed by atoms with E-state index in [1.165, 1.54) is 0 Å². The topological polar surface area (TPSA) is 99.4 Å². The summed E-state index contributed by atoms with van der Waals surface area (Å²) in [5, 5.41) is 10.6. The van der Waals surface area contributed by atoms with E-state index in [0.29, 0.717) is 6.54 Å². The van der Waals surface area contributed by atoms with Gasteiger partial charge >= 0.3 is 0 Å². The molecule has 0 aliphatic heterocycles. The summed E-state index contributed by atoms with van der Waals surface area (Å²) in [6, 6.07) is 5.80. The SMILES string of the molecule is O=C(Cc1c[nH]c2ncc(-c3cn[nH]c3)cc12)NCc1cccnc1. The minimum atomic E-state index is -0.0431. The number of rotatable bonds is 5. The summed E-state index contributed by atoms with van der Waals surface area (Å²) in [4.78, 5) is 23.8. The molecule has 25 heavy (non-hydrogen) atoms. The molecule has 0 aliphatic carbocycles. The predicted octanol–water partition coefficient (Wildman–Crippen LogP) is 2.21. The molecule has 0 unspecified atom stereocenters. The number of H-pyrrole nitrogens is 2. The quantitative estimate of drug-likeness (QED) is 0.522. The Labute approximate surface area is 143 Å². The van der Waals surface area contributed by atoms with Crippen LogP contribution in [0.4, 0.5) is 0 Å². The molecule has 0 saturated carbocycles. The van der Waals surface area contributed by atoms with E-state index < -0.39 is 0 Å². The number of carbonyl (C=O) groups excluding carboxylic acids is 1. The lowest BCUT2D eigenvalue weighted by atomic mass is 10.1. The maximum Gasteiger partial charge on any atom is 0.224 e. The Morgan fingerprint density at radius 2 is 2.12 bits per heavy atom. The molecular weight excluding hydrogens is 316 g/mol. The van der Waals surface area contributed by atoms with Gasteiger partial charge in [0.2, 0.25) is 5.91 Å². The van der Waals surface area contributed by atoms with Crippen molar-refractivity contribution in [1.82, 2.24) is 30.5 Å². The van der Waals surface area contributed by atoms with Crippen molar-refractivity contribution in [2.75, 3.05) is 0 Å². The van der Waals surface area contributed by atoms with Gasteiger partial charge in [-0.05, 0) is 23.3 Å². The Kier molecular flexibility index (Phi) is 3.96. The molecule has 4 aromatic heterocycles. The molecule has 0 bridgehead atoms. The molecule has 0 spiro atoms. The van der Waals surface area contributed by atoms with E-state index in [-0.39, 0.29) is 12.3 Å². The average molecular weight is 332 g/mol. The number of nitrogens with one attached hydrogen (secondary N) is 3. The van der Waals surface area contributed by atoms with Crippen molar-refractivity contribution >= 4 is 16.9 Å². The van der Waals surface area contributed by atoms with Gasteiger partial charge in [0, 0.05) is 54.0 Å². The number of amides is 1. The maximum atomic E-state index is 12.3. The van der Waals surface area contributed by atoms with Crippen molar-refractivity contribution in [3.05, 3.63) is 66.5 Å². The van der Waals surface area contributed by atoms with Crippen molar-refractivity contribution in [3.8, 4) is 11.1 Å². The number of pyridine rings is 2. The number of aromatic nitrogens is 5. The van der Waals surface area contributed by atoms with Gasteiger partial charge in [-0.2, -0.15) is 5.10 Å². The number of hydrogen-bond acceptors (Lipinski definition) is 4. The third-order valence-corrected chi connectivity index (χ3v) is 4.01. The lowest BCUT2D eigenvalue weighted by molar-refractivity contribution is -0.120. The Morgan fingerprint density at radius 1 is 1.16 bits per heavy atom. The molecule has 0 aliphatic rings. The summed E-state index contributed by atoms with van der Waals surface area (Å²) in [6.45, 7) is 0.466.